The number of anilines is 2. The monoisotopic (exact) mass is 424 g/mol. The van der Waals surface area contributed by atoms with Crippen LogP contribution in [0.4, 0.5) is 11.4 Å². The molecule has 3 N–H and O–H groups in total. The van der Waals surface area contributed by atoms with E-state index >= 15 is 0 Å². The zero-order valence-corrected chi connectivity index (χ0v) is 16.9. The van der Waals surface area contributed by atoms with Gasteiger partial charge in [0.1, 0.15) is 0 Å². The summed E-state index contributed by atoms with van der Waals surface area (Å²) in [5, 5.41) is 5.53. The van der Waals surface area contributed by atoms with Gasteiger partial charge in [-0.3, -0.25) is 19.3 Å². The third kappa shape index (κ3) is 5.89. The molecule has 0 saturated heterocycles. The zero-order chi connectivity index (χ0) is 21.6. The van der Waals surface area contributed by atoms with Crippen molar-refractivity contribution in [1.82, 2.24) is 10.3 Å². The highest BCUT2D eigenvalue weighted by Gasteiger charge is 2.14. The summed E-state index contributed by atoms with van der Waals surface area (Å²) in [7, 11) is -3.40. The quantitative estimate of drug-likeness (QED) is 0.539. The van der Waals surface area contributed by atoms with Crippen LogP contribution >= 0.6 is 0 Å². The molecule has 1 aromatic heterocycles. The summed E-state index contributed by atoms with van der Waals surface area (Å²) in [6.07, 6.45) is 4.36. The maximum Gasteiger partial charge on any atom is 0.255 e. The summed E-state index contributed by atoms with van der Waals surface area (Å²) in [6, 6.07) is 16.3. The molecule has 3 rings (SSSR count). The first-order chi connectivity index (χ1) is 14.3. The number of pyridine rings is 1. The fraction of sp³-hybridized carbons (Fsp3) is 0.0952. The van der Waals surface area contributed by atoms with E-state index in [9.17, 15) is 18.0 Å². The fourth-order valence-electron chi connectivity index (χ4n) is 2.67. The van der Waals surface area contributed by atoms with E-state index in [-0.39, 0.29) is 5.91 Å². The van der Waals surface area contributed by atoms with Gasteiger partial charge in [0.15, 0.2) is 0 Å². The summed E-state index contributed by atoms with van der Waals surface area (Å²) in [5.41, 5.74) is 2.22. The highest BCUT2D eigenvalue weighted by Crippen LogP contribution is 2.18. The molecule has 3 aromatic rings. The standard InChI is InChI=1S/C21H20N4O4S/c1-30(28,29)25-17-10-8-16(9-11-17)20(26)24-19-7-3-2-6-18(19)21(27)23-14-15-5-4-12-22-13-15/h2-13,25H,14H2,1H3,(H,23,27)(H,24,26). The summed E-state index contributed by atoms with van der Waals surface area (Å²) in [5.74, 6) is -0.754. The van der Waals surface area contributed by atoms with Gasteiger partial charge in [-0.15, -0.1) is 0 Å². The van der Waals surface area contributed by atoms with Crippen molar-refractivity contribution < 1.29 is 18.0 Å². The van der Waals surface area contributed by atoms with E-state index in [0.717, 1.165) is 11.8 Å². The van der Waals surface area contributed by atoms with Crippen LogP contribution in [0, 0.1) is 0 Å². The Hall–Kier alpha value is -3.72. The van der Waals surface area contributed by atoms with Gasteiger partial charge < -0.3 is 10.6 Å². The van der Waals surface area contributed by atoms with E-state index in [0.29, 0.717) is 29.0 Å². The maximum atomic E-state index is 12.6. The number of carbonyl (C=O) groups excluding carboxylic acids is 2. The summed E-state index contributed by atoms with van der Waals surface area (Å²) >= 11 is 0. The number of para-hydroxylation sites is 1. The van der Waals surface area contributed by atoms with Crippen LogP contribution in [-0.2, 0) is 16.6 Å². The van der Waals surface area contributed by atoms with E-state index in [2.05, 4.69) is 20.3 Å². The average molecular weight is 424 g/mol. The van der Waals surface area contributed by atoms with E-state index in [1.165, 1.54) is 24.3 Å². The minimum absolute atomic E-state index is 0.309. The van der Waals surface area contributed by atoms with Gasteiger partial charge in [0.2, 0.25) is 10.0 Å². The Kier molecular flexibility index (Phi) is 6.43. The molecule has 2 aromatic carbocycles. The number of aromatic nitrogens is 1. The molecule has 0 bridgehead atoms. The molecule has 0 saturated carbocycles. The zero-order valence-electron chi connectivity index (χ0n) is 16.1. The van der Waals surface area contributed by atoms with E-state index < -0.39 is 15.9 Å². The molecule has 0 atom stereocenters. The van der Waals surface area contributed by atoms with Crippen molar-refractivity contribution >= 4 is 33.2 Å². The first-order valence-electron chi connectivity index (χ1n) is 8.97. The number of amides is 2. The smallest absolute Gasteiger partial charge is 0.255 e. The third-order valence-corrected chi connectivity index (χ3v) is 4.65. The Labute approximate surface area is 174 Å². The predicted molar refractivity (Wildman–Crippen MR) is 115 cm³/mol. The van der Waals surface area contributed by atoms with Crippen LogP contribution in [0.1, 0.15) is 26.3 Å². The lowest BCUT2D eigenvalue weighted by Crippen LogP contribution is -2.25. The van der Waals surface area contributed by atoms with Gasteiger partial charge in [-0.2, -0.15) is 0 Å². The van der Waals surface area contributed by atoms with Crippen LogP contribution in [0.25, 0.3) is 0 Å². The number of benzene rings is 2. The number of hydrogen-bond donors (Lipinski definition) is 3. The maximum absolute atomic E-state index is 12.6. The lowest BCUT2D eigenvalue weighted by molar-refractivity contribution is 0.0951. The molecule has 0 aliphatic carbocycles. The molecule has 154 valence electrons. The number of hydrogen-bond acceptors (Lipinski definition) is 5. The van der Waals surface area contributed by atoms with Crippen LogP contribution < -0.4 is 15.4 Å². The van der Waals surface area contributed by atoms with Crippen molar-refractivity contribution in [2.75, 3.05) is 16.3 Å². The van der Waals surface area contributed by atoms with Gasteiger partial charge in [0.05, 0.1) is 17.5 Å². The summed E-state index contributed by atoms with van der Waals surface area (Å²) < 4.78 is 24.9. The van der Waals surface area contributed by atoms with Gasteiger partial charge in [-0.05, 0) is 48.0 Å². The van der Waals surface area contributed by atoms with Gasteiger partial charge in [0, 0.05) is 30.2 Å². The minimum Gasteiger partial charge on any atom is -0.348 e. The van der Waals surface area contributed by atoms with Crippen LogP contribution in [0.5, 0.6) is 0 Å². The van der Waals surface area contributed by atoms with Crippen molar-refractivity contribution in [3.8, 4) is 0 Å². The number of nitrogens with zero attached hydrogens (tertiary/aromatic N) is 1. The van der Waals surface area contributed by atoms with E-state index in [4.69, 9.17) is 0 Å². The summed E-state index contributed by atoms with van der Waals surface area (Å²) in [4.78, 5) is 29.2. The second-order valence-corrected chi connectivity index (χ2v) is 8.24. The van der Waals surface area contributed by atoms with Crippen molar-refractivity contribution in [2.45, 2.75) is 6.54 Å². The molecule has 2 amide bonds. The number of rotatable bonds is 7. The molecular weight excluding hydrogens is 404 g/mol. The average Bonchev–Trinajstić information content (AvgIpc) is 2.72. The number of sulfonamides is 1. The Morgan fingerprint density at radius 2 is 1.67 bits per heavy atom. The Balaban J connectivity index is 1.69. The molecule has 0 fully saturated rings. The molecule has 9 heteroatoms. The van der Waals surface area contributed by atoms with Crippen molar-refractivity contribution in [1.29, 1.82) is 0 Å². The lowest BCUT2D eigenvalue weighted by atomic mass is 10.1. The van der Waals surface area contributed by atoms with Gasteiger partial charge in [-0.25, -0.2) is 8.42 Å². The fourth-order valence-corrected chi connectivity index (χ4v) is 3.23. The highest BCUT2D eigenvalue weighted by molar-refractivity contribution is 7.92. The second-order valence-electron chi connectivity index (χ2n) is 6.50. The first kappa shape index (κ1) is 21.0. The molecule has 0 aliphatic rings. The molecule has 0 aliphatic heterocycles. The SMILES string of the molecule is CS(=O)(=O)Nc1ccc(C(=O)Nc2ccccc2C(=O)NCc2cccnc2)cc1. The second kappa shape index (κ2) is 9.19. The third-order valence-electron chi connectivity index (χ3n) is 4.05. The van der Waals surface area contributed by atoms with Crippen molar-refractivity contribution in [3.63, 3.8) is 0 Å². The molecule has 8 nitrogen and oxygen atoms in total. The Morgan fingerprint density at radius 3 is 2.33 bits per heavy atom. The van der Waals surface area contributed by atoms with Crippen LogP contribution in [0.2, 0.25) is 0 Å². The number of nitrogens with one attached hydrogen (secondary N) is 3. The van der Waals surface area contributed by atoms with Crippen LogP contribution in [-0.4, -0.2) is 31.5 Å². The van der Waals surface area contributed by atoms with Gasteiger partial charge in [-0.1, -0.05) is 18.2 Å². The normalized spacial score (nSPS) is 10.8. The van der Waals surface area contributed by atoms with Crippen LogP contribution in [0.15, 0.2) is 73.1 Å². The van der Waals surface area contributed by atoms with Crippen molar-refractivity contribution in [2.24, 2.45) is 0 Å². The van der Waals surface area contributed by atoms with Gasteiger partial charge >= 0.3 is 0 Å². The van der Waals surface area contributed by atoms with Crippen LogP contribution in [0.3, 0.4) is 0 Å². The number of carbonyl (C=O) groups is 2. The highest BCUT2D eigenvalue weighted by atomic mass is 32.2. The van der Waals surface area contributed by atoms with E-state index in [1.54, 1.807) is 42.7 Å². The van der Waals surface area contributed by atoms with Crippen molar-refractivity contribution in [3.05, 3.63) is 89.7 Å². The first-order valence-corrected chi connectivity index (χ1v) is 10.9. The predicted octanol–water partition coefficient (Wildman–Crippen LogP) is 2.64. The topological polar surface area (TPSA) is 117 Å². The minimum atomic E-state index is -3.40. The Morgan fingerprint density at radius 1 is 0.933 bits per heavy atom. The molecule has 1 heterocycles. The largest absolute Gasteiger partial charge is 0.348 e. The Bertz CT molecular complexity index is 1150. The molecule has 0 spiro atoms. The van der Waals surface area contributed by atoms with E-state index in [1.807, 2.05) is 6.07 Å². The van der Waals surface area contributed by atoms with Gasteiger partial charge in [0.25, 0.3) is 11.8 Å². The lowest BCUT2D eigenvalue weighted by Gasteiger charge is -2.12. The molecule has 0 unspecified atom stereocenters. The summed E-state index contributed by atoms with van der Waals surface area (Å²) in [6.45, 7) is 0.309. The molecule has 0 radical (unpaired) electrons. The molecular formula is C21H20N4O4S. The molecule has 30 heavy (non-hydrogen) atoms.